The van der Waals surface area contributed by atoms with Crippen LogP contribution in [0.15, 0.2) is 48.5 Å². The van der Waals surface area contributed by atoms with E-state index >= 15 is 0 Å². The molecule has 0 radical (unpaired) electrons. The van der Waals surface area contributed by atoms with Crippen molar-refractivity contribution in [2.75, 3.05) is 13.6 Å². The van der Waals surface area contributed by atoms with E-state index in [2.05, 4.69) is 23.5 Å². The summed E-state index contributed by atoms with van der Waals surface area (Å²) in [5.41, 5.74) is 3.44. The molecule has 0 aromatic heterocycles. The van der Waals surface area contributed by atoms with Crippen molar-refractivity contribution in [2.45, 2.75) is 31.8 Å². The molecule has 0 heterocycles. The van der Waals surface area contributed by atoms with Crippen molar-refractivity contribution >= 4 is 5.91 Å². The number of carbonyl (C=O) groups is 1. The number of likely N-dealkylation sites (N-methyl/N-ethyl adjacent to an activating group) is 1. The molecular weight excluding hydrogens is 303 g/mol. The summed E-state index contributed by atoms with van der Waals surface area (Å²) in [5, 5.41) is 3.15. The second-order valence-corrected chi connectivity index (χ2v) is 6.51. The van der Waals surface area contributed by atoms with Crippen LogP contribution in [-0.4, -0.2) is 24.4 Å². The number of rotatable bonds is 5. The van der Waals surface area contributed by atoms with Gasteiger partial charge in [-0.05, 0) is 55.1 Å². The summed E-state index contributed by atoms with van der Waals surface area (Å²) in [4.78, 5) is 14.3. The highest BCUT2D eigenvalue weighted by Gasteiger charge is 2.21. The molecule has 0 aliphatic heterocycles. The molecule has 0 saturated carbocycles. The van der Waals surface area contributed by atoms with Crippen molar-refractivity contribution in [2.24, 2.45) is 0 Å². The molecule has 0 bridgehead atoms. The van der Waals surface area contributed by atoms with Crippen molar-refractivity contribution in [1.82, 2.24) is 10.2 Å². The monoisotopic (exact) mass is 326 g/mol. The lowest BCUT2D eigenvalue weighted by molar-refractivity contribution is -0.122. The zero-order valence-corrected chi connectivity index (χ0v) is 14.0. The largest absolute Gasteiger partial charge is 0.348 e. The third kappa shape index (κ3) is 4.20. The third-order valence-corrected chi connectivity index (χ3v) is 4.46. The Morgan fingerprint density at radius 3 is 2.92 bits per heavy atom. The predicted molar refractivity (Wildman–Crippen MR) is 93.0 cm³/mol. The van der Waals surface area contributed by atoms with Crippen LogP contribution in [0.4, 0.5) is 4.39 Å². The number of nitrogens with zero attached hydrogens (tertiary/aromatic N) is 1. The van der Waals surface area contributed by atoms with Crippen molar-refractivity contribution in [1.29, 1.82) is 0 Å². The number of nitrogens with one attached hydrogen (secondary N) is 1. The van der Waals surface area contributed by atoms with Crippen molar-refractivity contribution in [3.63, 3.8) is 0 Å². The van der Waals surface area contributed by atoms with Gasteiger partial charge in [-0.25, -0.2) is 4.39 Å². The molecule has 4 heteroatoms. The topological polar surface area (TPSA) is 32.3 Å². The van der Waals surface area contributed by atoms with E-state index in [1.807, 2.05) is 24.1 Å². The highest BCUT2D eigenvalue weighted by molar-refractivity contribution is 5.78. The summed E-state index contributed by atoms with van der Waals surface area (Å²) in [6.07, 6.45) is 3.17. The maximum Gasteiger partial charge on any atom is 0.234 e. The molecule has 1 aliphatic carbocycles. The maximum atomic E-state index is 13.2. The van der Waals surface area contributed by atoms with E-state index in [4.69, 9.17) is 0 Å². The van der Waals surface area contributed by atoms with Crippen LogP contribution in [0.1, 0.15) is 35.6 Å². The Morgan fingerprint density at radius 2 is 2.08 bits per heavy atom. The van der Waals surface area contributed by atoms with Crippen LogP contribution in [-0.2, 0) is 17.8 Å². The van der Waals surface area contributed by atoms with E-state index < -0.39 is 0 Å². The predicted octanol–water partition coefficient (Wildman–Crippen LogP) is 3.45. The van der Waals surface area contributed by atoms with Crippen LogP contribution in [0.5, 0.6) is 0 Å². The molecule has 0 saturated heterocycles. The van der Waals surface area contributed by atoms with Crippen LogP contribution < -0.4 is 5.32 Å². The van der Waals surface area contributed by atoms with Crippen LogP contribution in [0, 0.1) is 5.82 Å². The van der Waals surface area contributed by atoms with E-state index in [9.17, 15) is 9.18 Å². The van der Waals surface area contributed by atoms with E-state index in [0.29, 0.717) is 13.1 Å². The zero-order chi connectivity index (χ0) is 16.9. The first kappa shape index (κ1) is 16.7. The number of hydrogen-bond donors (Lipinski definition) is 1. The van der Waals surface area contributed by atoms with Gasteiger partial charge in [0.1, 0.15) is 5.82 Å². The minimum Gasteiger partial charge on any atom is -0.348 e. The van der Waals surface area contributed by atoms with Crippen molar-refractivity contribution in [3.8, 4) is 0 Å². The number of benzene rings is 2. The molecule has 1 atom stereocenters. The first-order valence-corrected chi connectivity index (χ1v) is 8.42. The Bertz CT molecular complexity index is 716. The Hall–Kier alpha value is -2.20. The average Bonchev–Trinajstić information content (AvgIpc) is 2.55. The fourth-order valence-corrected chi connectivity index (χ4v) is 3.39. The first-order chi connectivity index (χ1) is 11.6. The molecule has 1 N–H and O–H groups in total. The van der Waals surface area contributed by atoms with E-state index in [1.165, 1.54) is 23.3 Å². The second kappa shape index (κ2) is 7.58. The van der Waals surface area contributed by atoms with Gasteiger partial charge >= 0.3 is 0 Å². The lowest BCUT2D eigenvalue weighted by Crippen LogP contribution is -2.38. The summed E-state index contributed by atoms with van der Waals surface area (Å²) in [6.45, 7) is 0.849. The SMILES string of the molecule is CN(CC(=O)N[C@@H]1CCCc2ccccc21)Cc1cccc(F)c1. The Morgan fingerprint density at radius 1 is 1.25 bits per heavy atom. The van der Waals surface area contributed by atoms with Gasteiger partial charge in [0.2, 0.25) is 5.91 Å². The van der Waals surface area contributed by atoms with Gasteiger partial charge in [0.15, 0.2) is 0 Å². The molecule has 24 heavy (non-hydrogen) atoms. The third-order valence-electron chi connectivity index (χ3n) is 4.46. The van der Waals surface area contributed by atoms with Crippen molar-refractivity contribution < 1.29 is 9.18 Å². The van der Waals surface area contributed by atoms with Gasteiger partial charge in [-0.2, -0.15) is 0 Å². The Balaban J connectivity index is 1.56. The van der Waals surface area contributed by atoms with E-state index in [-0.39, 0.29) is 17.8 Å². The first-order valence-electron chi connectivity index (χ1n) is 8.42. The van der Waals surface area contributed by atoms with E-state index in [0.717, 1.165) is 24.8 Å². The Labute approximate surface area is 142 Å². The van der Waals surface area contributed by atoms with E-state index in [1.54, 1.807) is 6.07 Å². The molecule has 3 nitrogen and oxygen atoms in total. The number of fused-ring (bicyclic) bond motifs is 1. The van der Waals surface area contributed by atoms with Gasteiger partial charge in [0, 0.05) is 6.54 Å². The lowest BCUT2D eigenvalue weighted by atomic mass is 9.88. The maximum absolute atomic E-state index is 13.2. The molecular formula is C20H23FN2O. The molecule has 2 aromatic carbocycles. The zero-order valence-electron chi connectivity index (χ0n) is 14.0. The fourth-order valence-electron chi connectivity index (χ4n) is 3.39. The van der Waals surface area contributed by atoms with Gasteiger partial charge in [0.05, 0.1) is 12.6 Å². The molecule has 0 spiro atoms. The minimum absolute atomic E-state index is 0.00982. The number of halogens is 1. The summed E-state index contributed by atoms with van der Waals surface area (Å²) in [6, 6.07) is 14.9. The molecule has 0 fully saturated rings. The number of aryl methyl sites for hydroxylation is 1. The highest BCUT2D eigenvalue weighted by atomic mass is 19.1. The minimum atomic E-state index is -0.246. The molecule has 1 amide bonds. The molecule has 3 rings (SSSR count). The number of hydrogen-bond acceptors (Lipinski definition) is 2. The smallest absolute Gasteiger partial charge is 0.234 e. The van der Waals surface area contributed by atoms with Crippen LogP contribution in [0.2, 0.25) is 0 Å². The van der Waals surface area contributed by atoms with Gasteiger partial charge in [-0.1, -0.05) is 36.4 Å². The van der Waals surface area contributed by atoms with Crippen molar-refractivity contribution in [3.05, 3.63) is 71.0 Å². The standard InChI is InChI=1S/C20H23FN2O/c1-23(13-15-6-4-9-17(21)12-15)14-20(24)22-19-11-5-8-16-7-2-3-10-18(16)19/h2-4,6-7,9-10,12,19H,5,8,11,13-14H2,1H3,(H,22,24)/t19-/m1/s1. The lowest BCUT2D eigenvalue weighted by Gasteiger charge is -2.27. The van der Waals surface area contributed by atoms with Gasteiger partial charge in [-0.3, -0.25) is 9.69 Å². The van der Waals surface area contributed by atoms with Crippen LogP contribution >= 0.6 is 0 Å². The van der Waals surface area contributed by atoms with Crippen LogP contribution in [0.25, 0.3) is 0 Å². The van der Waals surface area contributed by atoms with Gasteiger partial charge < -0.3 is 5.32 Å². The summed E-state index contributed by atoms with van der Waals surface area (Å²) in [5.74, 6) is -0.236. The number of amides is 1. The summed E-state index contributed by atoms with van der Waals surface area (Å²) >= 11 is 0. The highest BCUT2D eigenvalue weighted by Crippen LogP contribution is 2.29. The summed E-state index contributed by atoms with van der Waals surface area (Å²) < 4.78 is 13.2. The number of carbonyl (C=O) groups excluding carboxylic acids is 1. The normalized spacial score (nSPS) is 16.7. The molecule has 2 aromatic rings. The second-order valence-electron chi connectivity index (χ2n) is 6.51. The molecule has 1 aliphatic rings. The summed E-state index contributed by atoms with van der Waals surface area (Å²) in [7, 11) is 1.87. The van der Waals surface area contributed by atoms with Gasteiger partial charge in [0.25, 0.3) is 0 Å². The Kier molecular flexibility index (Phi) is 5.26. The van der Waals surface area contributed by atoms with Crippen LogP contribution in [0.3, 0.4) is 0 Å². The van der Waals surface area contributed by atoms with Gasteiger partial charge in [-0.15, -0.1) is 0 Å². The molecule has 126 valence electrons. The quantitative estimate of drug-likeness (QED) is 0.913. The average molecular weight is 326 g/mol. The molecule has 0 unspecified atom stereocenters. The fraction of sp³-hybridized carbons (Fsp3) is 0.350.